The summed E-state index contributed by atoms with van der Waals surface area (Å²) in [7, 11) is 0. The number of fused-ring (bicyclic) bond motifs is 9. The Morgan fingerprint density at radius 3 is 1.00 bits per heavy atom. The monoisotopic (exact) mass is 1110 g/mol. The number of aromatic nitrogens is 6. The summed E-state index contributed by atoms with van der Waals surface area (Å²) in [6.45, 7) is 0. The van der Waals surface area contributed by atoms with Crippen LogP contribution in [0.1, 0.15) is 0 Å². The van der Waals surface area contributed by atoms with Gasteiger partial charge in [-0.1, -0.05) is 249 Å². The van der Waals surface area contributed by atoms with Crippen molar-refractivity contribution < 1.29 is 0 Å². The quantitative estimate of drug-likeness (QED) is 0.137. The van der Waals surface area contributed by atoms with Crippen LogP contribution in [0.5, 0.6) is 0 Å². The van der Waals surface area contributed by atoms with Crippen LogP contribution in [0.15, 0.2) is 315 Å². The van der Waals surface area contributed by atoms with Crippen molar-refractivity contribution in [1.29, 1.82) is 0 Å². The molecule has 17 aromatic rings. The Morgan fingerprint density at radius 1 is 0.207 bits per heavy atom. The Morgan fingerprint density at radius 2 is 0.552 bits per heavy atom. The third-order valence-electron chi connectivity index (χ3n) is 17.3. The van der Waals surface area contributed by atoms with E-state index in [-0.39, 0.29) is 0 Å². The molecular weight excluding hydrogens is 1060 g/mol. The molecular formula is C81H52N6. The molecule has 0 unspecified atom stereocenters. The minimum absolute atomic E-state index is 0.574. The highest BCUT2D eigenvalue weighted by Crippen LogP contribution is 2.47. The van der Waals surface area contributed by atoms with Gasteiger partial charge in [0, 0.05) is 65.8 Å². The van der Waals surface area contributed by atoms with Crippen molar-refractivity contribution in [2.45, 2.75) is 0 Å². The molecule has 0 aliphatic carbocycles. The van der Waals surface area contributed by atoms with Gasteiger partial charge in [0.05, 0.1) is 44.5 Å². The minimum atomic E-state index is 0.574. The zero-order valence-electron chi connectivity index (χ0n) is 47.2. The van der Waals surface area contributed by atoms with Crippen molar-refractivity contribution in [3.8, 4) is 95.7 Å². The Bertz CT molecular complexity index is 5200. The molecule has 0 N–H and O–H groups in total. The topological polar surface area (TPSA) is 53.5 Å². The third-order valence-corrected chi connectivity index (χ3v) is 17.3. The van der Waals surface area contributed by atoms with Gasteiger partial charge in [0.25, 0.3) is 0 Å². The van der Waals surface area contributed by atoms with Gasteiger partial charge in [-0.3, -0.25) is 0 Å². The Labute approximate surface area is 502 Å². The minimum Gasteiger partial charge on any atom is -0.309 e. The van der Waals surface area contributed by atoms with E-state index in [2.05, 4.69) is 293 Å². The summed E-state index contributed by atoms with van der Waals surface area (Å²) in [5.41, 5.74) is 21.4. The van der Waals surface area contributed by atoms with E-state index in [0.29, 0.717) is 17.5 Å². The predicted octanol–water partition coefficient (Wildman–Crippen LogP) is 20.8. The molecule has 0 spiro atoms. The summed E-state index contributed by atoms with van der Waals surface area (Å²) < 4.78 is 7.46. The number of rotatable bonds is 10. The molecule has 17 rings (SSSR count). The molecule has 0 aliphatic rings. The first-order valence-corrected chi connectivity index (χ1v) is 29.6. The van der Waals surface area contributed by atoms with E-state index in [1.165, 1.54) is 21.5 Å². The Kier molecular flexibility index (Phi) is 11.8. The van der Waals surface area contributed by atoms with Crippen LogP contribution in [-0.2, 0) is 0 Å². The number of nitrogens with zero attached hydrogens (tertiary/aromatic N) is 6. The lowest BCUT2D eigenvalue weighted by atomic mass is 9.91. The largest absolute Gasteiger partial charge is 0.309 e. The maximum atomic E-state index is 5.40. The van der Waals surface area contributed by atoms with E-state index >= 15 is 0 Å². The second-order valence-electron chi connectivity index (χ2n) is 22.3. The van der Waals surface area contributed by atoms with Crippen molar-refractivity contribution in [2.75, 3.05) is 0 Å². The first kappa shape index (κ1) is 49.8. The summed E-state index contributed by atoms with van der Waals surface area (Å²) in [6, 6.07) is 114. The van der Waals surface area contributed by atoms with Crippen LogP contribution < -0.4 is 0 Å². The number of hydrogen-bond acceptors (Lipinski definition) is 3. The third kappa shape index (κ3) is 8.37. The molecule has 406 valence electrons. The molecule has 4 aromatic heterocycles. The second kappa shape index (κ2) is 20.6. The van der Waals surface area contributed by atoms with Crippen molar-refractivity contribution >= 4 is 65.4 Å². The lowest BCUT2D eigenvalue weighted by molar-refractivity contribution is 1.07. The van der Waals surface area contributed by atoms with Crippen LogP contribution in [0.4, 0.5) is 0 Å². The maximum Gasteiger partial charge on any atom is 0.164 e. The fourth-order valence-electron chi connectivity index (χ4n) is 13.3. The number of benzene rings is 13. The van der Waals surface area contributed by atoms with Crippen LogP contribution in [0.2, 0.25) is 0 Å². The molecule has 0 radical (unpaired) electrons. The van der Waals surface area contributed by atoms with Gasteiger partial charge in [0.1, 0.15) is 0 Å². The van der Waals surface area contributed by atoms with E-state index in [0.717, 1.165) is 122 Å². The molecule has 0 saturated heterocycles. The highest BCUT2D eigenvalue weighted by Gasteiger charge is 2.27. The lowest BCUT2D eigenvalue weighted by Crippen LogP contribution is -2.04. The molecule has 6 nitrogen and oxygen atoms in total. The molecule has 0 aliphatic heterocycles. The zero-order chi connectivity index (χ0) is 57.4. The van der Waals surface area contributed by atoms with Crippen LogP contribution in [0.25, 0.3) is 161 Å². The van der Waals surface area contributed by atoms with Gasteiger partial charge in [-0.05, 0) is 100 Å². The summed E-state index contributed by atoms with van der Waals surface area (Å²) in [5.74, 6) is 1.78. The van der Waals surface area contributed by atoms with Gasteiger partial charge in [0.15, 0.2) is 17.5 Å². The van der Waals surface area contributed by atoms with Gasteiger partial charge in [-0.15, -0.1) is 0 Å². The molecule has 0 bridgehead atoms. The van der Waals surface area contributed by atoms with Crippen LogP contribution in [0.3, 0.4) is 0 Å². The summed E-state index contributed by atoms with van der Waals surface area (Å²) >= 11 is 0. The summed E-state index contributed by atoms with van der Waals surface area (Å²) in [4.78, 5) is 16.0. The fraction of sp³-hybridized carbons (Fsp3) is 0. The van der Waals surface area contributed by atoms with Crippen molar-refractivity contribution in [2.24, 2.45) is 0 Å². The highest BCUT2D eigenvalue weighted by atomic mass is 15.0. The maximum absolute atomic E-state index is 5.40. The van der Waals surface area contributed by atoms with Crippen molar-refractivity contribution in [1.82, 2.24) is 28.7 Å². The highest BCUT2D eigenvalue weighted by molar-refractivity contribution is 6.18. The Balaban J connectivity index is 1.01. The van der Waals surface area contributed by atoms with Gasteiger partial charge in [-0.2, -0.15) is 0 Å². The first-order chi connectivity index (χ1) is 43.2. The van der Waals surface area contributed by atoms with E-state index in [9.17, 15) is 0 Å². The second-order valence-corrected chi connectivity index (χ2v) is 22.3. The standard InChI is InChI=1S/C81H52N6/c1-5-22-53(23-6-1)55-40-44-57(45-41-55)67-50-61(81-83-79(59-26-9-3-10-27-59)82-80(84-81)60-28-11-4-12-29-60)51-68(58-46-42-56(43-47-58)54-24-7-2-8-25-54)78(67)87-74-49-48-62(85-70-34-17-13-30-63(70)64-31-14-18-35-71(64)85)52-69(74)77-75(38-21-39-76(77)87)86-72-36-19-15-32-65(72)66-33-16-20-37-73(66)86/h1-52H. The summed E-state index contributed by atoms with van der Waals surface area (Å²) in [6.07, 6.45) is 0. The molecule has 87 heavy (non-hydrogen) atoms. The van der Waals surface area contributed by atoms with Gasteiger partial charge < -0.3 is 13.7 Å². The van der Waals surface area contributed by atoms with E-state index in [1.54, 1.807) is 0 Å². The average molecular weight is 1110 g/mol. The molecule has 13 aromatic carbocycles. The molecule has 0 saturated carbocycles. The fourth-order valence-corrected chi connectivity index (χ4v) is 13.3. The first-order valence-electron chi connectivity index (χ1n) is 29.6. The SMILES string of the molecule is c1ccc(-c2ccc(-c3cc(-c4nc(-c5ccccc5)nc(-c5ccccc5)n4)cc(-c4ccc(-c5ccccc5)cc4)c3-n3c4ccc(-n5c6ccccc6c6ccccc65)cc4c4c(-n5c6ccccc6c6ccccc65)cccc43)cc2)cc1. The number of hydrogen-bond donors (Lipinski definition) is 0. The molecule has 6 heteroatoms. The van der Waals surface area contributed by atoms with Crippen LogP contribution in [-0.4, -0.2) is 28.7 Å². The van der Waals surface area contributed by atoms with Crippen molar-refractivity contribution in [3.63, 3.8) is 0 Å². The lowest BCUT2D eigenvalue weighted by Gasteiger charge is -2.22. The smallest absolute Gasteiger partial charge is 0.164 e. The van der Waals surface area contributed by atoms with E-state index in [1.807, 2.05) is 36.4 Å². The average Bonchev–Trinajstić information content (AvgIpc) is 1.63. The predicted molar refractivity (Wildman–Crippen MR) is 361 cm³/mol. The number of para-hydroxylation sites is 4. The van der Waals surface area contributed by atoms with Crippen LogP contribution in [0, 0.1) is 0 Å². The molecule has 0 amide bonds. The Hall–Kier alpha value is -11.7. The van der Waals surface area contributed by atoms with Crippen molar-refractivity contribution in [3.05, 3.63) is 315 Å². The molecule has 0 fully saturated rings. The zero-order valence-corrected chi connectivity index (χ0v) is 47.2. The van der Waals surface area contributed by atoms with E-state index < -0.39 is 0 Å². The van der Waals surface area contributed by atoms with E-state index in [4.69, 9.17) is 15.0 Å². The van der Waals surface area contributed by atoms with Gasteiger partial charge in [0.2, 0.25) is 0 Å². The molecule has 0 atom stereocenters. The molecule has 4 heterocycles. The van der Waals surface area contributed by atoms with Crippen LogP contribution >= 0.6 is 0 Å². The van der Waals surface area contributed by atoms with Gasteiger partial charge >= 0.3 is 0 Å². The normalized spacial score (nSPS) is 11.7. The summed E-state index contributed by atoms with van der Waals surface area (Å²) in [5, 5.41) is 7.12. The van der Waals surface area contributed by atoms with Gasteiger partial charge in [-0.25, -0.2) is 15.0 Å².